The fraction of sp³-hybridized carbons (Fsp3) is 0.222. The molecule has 98 valence electrons. The average Bonchev–Trinajstić information content (AvgIpc) is 2.48. The van der Waals surface area contributed by atoms with E-state index in [9.17, 15) is 0 Å². The average molecular weight is 251 g/mol. The molecule has 1 heteroatoms. The van der Waals surface area contributed by atoms with Gasteiger partial charge >= 0.3 is 0 Å². The summed E-state index contributed by atoms with van der Waals surface area (Å²) in [5, 5.41) is 3.45. The third kappa shape index (κ3) is 3.47. The Bertz CT molecular complexity index is 519. The van der Waals surface area contributed by atoms with Crippen LogP contribution in [0.15, 0.2) is 54.7 Å². The number of hydrogen-bond acceptors (Lipinski definition) is 1. The van der Waals surface area contributed by atoms with Gasteiger partial charge in [0.15, 0.2) is 0 Å². The summed E-state index contributed by atoms with van der Waals surface area (Å²) < 4.78 is 0. The van der Waals surface area contributed by atoms with Crippen molar-refractivity contribution < 1.29 is 0 Å². The molecule has 2 aromatic carbocycles. The lowest BCUT2D eigenvalue weighted by Crippen LogP contribution is -1.98. The van der Waals surface area contributed by atoms with Crippen LogP contribution in [0.25, 0.3) is 6.08 Å². The van der Waals surface area contributed by atoms with Gasteiger partial charge in [0.1, 0.15) is 0 Å². The maximum absolute atomic E-state index is 3.45. The molecule has 2 aromatic rings. The Morgan fingerprint density at radius 2 is 1.47 bits per heavy atom. The molecule has 0 aliphatic carbocycles. The Balaban J connectivity index is 2.17. The maximum Gasteiger partial charge on any atom is 0.0444 e. The second kappa shape index (κ2) is 6.79. The first-order chi connectivity index (χ1) is 9.35. The van der Waals surface area contributed by atoms with Crippen molar-refractivity contribution in [1.29, 1.82) is 0 Å². The van der Waals surface area contributed by atoms with E-state index < -0.39 is 0 Å². The zero-order valence-corrected chi connectivity index (χ0v) is 11.7. The van der Waals surface area contributed by atoms with Gasteiger partial charge in [-0.15, -0.1) is 0 Å². The molecule has 0 aromatic heterocycles. The molecule has 0 bridgehead atoms. The molecule has 0 saturated heterocycles. The summed E-state index contributed by atoms with van der Waals surface area (Å²) in [7, 11) is 0. The van der Waals surface area contributed by atoms with Gasteiger partial charge in [-0.25, -0.2) is 0 Å². The third-order valence-electron chi connectivity index (χ3n) is 3.30. The summed E-state index contributed by atoms with van der Waals surface area (Å²) in [6.07, 6.45) is 6.24. The van der Waals surface area contributed by atoms with Crippen LogP contribution in [0.2, 0.25) is 0 Å². The molecule has 0 saturated carbocycles. The number of nitrogens with one attached hydrogen (secondary N) is 1. The Morgan fingerprint density at radius 3 is 2.05 bits per heavy atom. The predicted octanol–water partition coefficient (Wildman–Crippen LogP) is 4.89. The van der Waals surface area contributed by atoms with Crippen LogP contribution in [0.4, 0.5) is 5.69 Å². The highest BCUT2D eigenvalue weighted by atomic mass is 14.8. The highest BCUT2D eigenvalue weighted by molar-refractivity contribution is 5.62. The molecule has 19 heavy (non-hydrogen) atoms. The minimum atomic E-state index is 1.05. The van der Waals surface area contributed by atoms with E-state index in [4.69, 9.17) is 0 Å². The molecular weight excluding hydrogens is 230 g/mol. The fourth-order valence-corrected chi connectivity index (χ4v) is 2.21. The molecule has 0 heterocycles. The van der Waals surface area contributed by atoms with Crippen LogP contribution in [0.3, 0.4) is 0 Å². The lowest BCUT2D eigenvalue weighted by molar-refractivity contribution is 1.09. The Kier molecular flexibility index (Phi) is 4.79. The van der Waals surface area contributed by atoms with Crippen molar-refractivity contribution in [2.24, 2.45) is 0 Å². The lowest BCUT2D eigenvalue weighted by atomic mass is 10.0. The van der Waals surface area contributed by atoms with E-state index in [1.807, 2.05) is 12.3 Å². The van der Waals surface area contributed by atoms with Crippen molar-refractivity contribution in [2.75, 3.05) is 5.32 Å². The minimum Gasteiger partial charge on any atom is -0.361 e. The van der Waals surface area contributed by atoms with Crippen molar-refractivity contribution in [3.63, 3.8) is 0 Å². The largest absolute Gasteiger partial charge is 0.361 e. The highest BCUT2D eigenvalue weighted by Crippen LogP contribution is 2.22. The van der Waals surface area contributed by atoms with Gasteiger partial charge in [-0.3, -0.25) is 0 Å². The zero-order valence-electron chi connectivity index (χ0n) is 11.7. The quantitative estimate of drug-likeness (QED) is 0.797. The summed E-state index contributed by atoms with van der Waals surface area (Å²) in [6, 6.07) is 16.9. The SMILES string of the molecule is CCc1cccc(CC)c1NC=Cc1ccccc1. The molecule has 0 aliphatic heterocycles. The molecular formula is C18H21N. The number of anilines is 1. The highest BCUT2D eigenvalue weighted by Gasteiger charge is 2.03. The van der Waals surface area contributed by atoms with E-state index in [0.717, 1.165) is 12.8 Å². The van der Waals surface area contributed by atoms with E-state index in [-0.39, 0.29) is 0 Å². The van der Waals surface area contributed by atoms with Crippen molar-refractivity contribution in [3.8, 4) is 0 Å². The van der Waals surface area contributed by atoms with Crippen molar-refractivity contribution in [3.05, 3.63) is 71.4 Å². The number of hydrogen-bond donors (Lipinski definition) is 1. The van der Waals surface area contributed by atoms with Gasteiger partial charge in [0.05, 0.1) is 0 Å². The van der Waals surface area contributed by atoms with Crippen LogP contribution in [0.5, 0.6) is 0 Å². The van der Waals surface area contributed by atoms with E-state index in [0.29, 0.717) is 0 Å². The van der Waals surface area contributed by atoms with Gasteiger partial charge in [-0.2, -0.15) is 0 Å². The van der Waals surface area contributed by atoms with Gasteiger partial charge < -0.3 is 5.32 Å². The summed E-state index contributed by atoms with van der Waals surface area (Å²) >= 11 is 0. The topological polar surface area (TPSA) is 12.0 Å². The van der Waals surface area contributed by atoms with Gasteiger partial charge in [0, 0.05) is 11.9 Å². The van der Waals surface area contributed by atoms with Crippen LogP contribution < -0.4 is 5.32 Å². The molecule has 0 aliphatic rings. The maximum atomic E-state index is 3.45. The number of benzene rings is 2. The van der Waals surface area contributed by atoms with Gasteiger partial charge in [-0.05, 0) is 35.6 Å². The molecule has 1 nitrogen and oxygen atoms in total. The molecule has 0 spiro atoms. The first kappa shape index (κ1) is 13.4. The van der Waals surface area contributed by atoms with Crippen molar-refractivity contribution in [2.45, 2.75) is 26.7 Å². The van der Waals surface area contributed by atoms with Crippen LogP contribution in [0, 0.1) is 0 Å². The summed E-state index contributed by atoms with van der Waals surface area (Å²) in [5.41, 5.74) is 5.22. The molecule has 0 unspecified atom stereocenters. The fourth-order valence-electron chi connectivity index (χ4n) is 2.21. The van der Waals surface area contributed by atoms with E-state index in [1.54, 1.807) is 0 Å². The number of aryl methyl sites for hydroxylation is 2. The zero-order chi connectivity index (χ0) is 13.5. The Hall–Kier alpha value is -2.02. The summed E-state index contributed by atoms with van der Waals surface area (Å²) in [4.78, 5) is 0. The predicted molar refractivity (Wildman–Crippen MR) is 84.3 cm³/mol. The Labute approximate surface area is 116 Å². The van der Waals surface area contributed by atoms with E-state index in [2.05, 4.69) is 67.7 Å². The van der Waals surface area contributed by atoms with Crippen LogP contribution in [0.1, 0.15) is 30.5 Å². The monoisotopic (exact) mass is 251 g/mol. The third-order valence-corrected chi connectivity index (χ3v) is 3.30. The van der Waals surface area contributed by atoms with Crippen LogP contribution >= 0.6 is 0 Å². The smallest absolute Gasteiger partial charge is 0.0444 e. The van der Waals surface area contributed by atoms with E-state index >= 15 is 0 Å². The molecule has 0 atom stereocenters. The lowest BCUT2D eigenvalue weighted by Gasteiger charge is -2.12. The summed E-state index contributed by atoms with van der Waals surface area (Å²) in [6.45, 7) is 4.39. The van der Waals surface area contributed by atoms with E-state index in [1.165, 1.54) is 22.4 Å². The molecule has 1 N–H and O–H groups in total. The second-order valence-corrected chi connectivity index (χ2v) is 4.55. The van der Waals surface area contributed by atoms with Gasteiger partial charge in [-0.1, -0.05) is 62.4 Å². The van der Waals surface area contributed by atoms with Crippen LogP contribution in [-0.4, -0.2) is 0 Å². The first-order valence-electron chi connectivity index (χ1n) is 6.94. The number of rotatable bonds is 5. The van der Waals surface area contributed by atoms with Crippen LogP contribution in [-0.2, 0) is 12.8 Å². The normalized spacial score (nSPS) is 10.8. The Morgan fingerprint density at radius 1 is 0.842 bits per heavy atom. The first-order valence-corrected chi connectivity index (χ1v) is 6.94. The molecule has 0 radical (unpaired) electrons. The van der Waals surface area contributed by atoms with Gasteiger partial charge in [0.25, 0.3) is 0 Å². The van der Waals surface area contributed by atoms with Crippen molar-refractivity contribution in [1.82, 2.24) is 0 Å². The van der Waals surface area contributed by atoms with Crippen molar-refractivity contribution >= 4 is 11.8 Å². The second-order valence-electron chi connectivity index (χ2n) is 4.55. The molecule has 0 amide bonds. The number of para-hydroxylation sites is 1. The van der Waals surface area contributed by atoms with Gasteiger partial charge in [0.2, 0.25) is 0 Å². The standard InChI is InChI=1S/C18H21N/c1-3-16-11-8-12-17(4-2)18(16)19-14-13-15-9-6-5-7-10-15/h5-14,19H,3-4H2,1-2H3. The molecule has 2 rings (SSSR count). The summed E-state index contributed by atoms with van der Waals surface area (Å²) in [5.74, 6) is 0. The minimum absolute atomic E-state index is 1.05. The molecule has 0 fully saturated rings.